The third-order valence-electron chi connectivity index (χ3n) is 5.06. The van der Waals surface area contributed by atoms with Crippen molar-refractivity contribution in [3.63, 3.8) is 0 Å². The lowest BCUT2D eigenvalue weighted by Crippen LogP contribution is -2.58. The molecule has 1 aromatic heterocycles. The minimum Gasteiger partial charge on any atom is -0.369 e. The molecular formula is C18H22N6OS. The van der Waals surface area contributed by atoms with Crippen LogP contribution in [0.2, 0.25) is 0 Å². The molecule has 7 nitrogen and oxygen atoms in total. The monoisotopic (exact) mass is 370 g/mol. The van der Waals surface area contributed by atoms with Gasteiger partial charge in [0.2, 0.25) is 11.9 Å². The van der Waals surface area contributed by atoms with Crippen LogP contribution in [0.5, 0.6) is 0 Å². The molecule has 1 spiro atoms. The van der Waals surface area contributed by atoms with E-state index in [1.807, 2.05) is 29.2 Å². The Labute approximate surface area is 155 Å². The molecule has 0 radical (unpaired) electrons. The number of hydrogen-bond acceptors (Lipinski definition) is 7. The Hall–Kier alpha value is -2.61. The molecule has 0 saturated heterocycles. The van der Waals surface area contributed by atoms with E-state index in [0.717, 1.165) is 41.5 Å². The maximum absolute atomic E-state index is 11.9. The van der Waals surface area contributed by atoms with Crippen molar-refractivity contribution in [2.45, 2.75) is 37.8 Å². The smallest absolute Gasteiger partial charge is 0.261 e. The number of rotatable bonds is 2. The van der Waals surface area contributed by atoms with Crippen molar-refractivity contribution in [1.82, 2.24) is 5.32 Å². The zero-order valence-electron chi connectivity index (χ0n) is 14.7. The number of amides is 1. The molecule has 1 aliphatic carbocycles. The van der Waals surface area contributed by atoms with Gasteiger partial charge < -0.3 is 16.8 Å². The third kappa shape index (κ3) is 2.70. The van der Waals surface area contributed by atoms with Crippen molar-refractivity contribution < 1.29 is 4.79 Å². The van der Waals surface area contributed by atoms with E-state index < -0.39 is 5.66 Å². The van der Waals surface area contributed by atoms with Crippen LogP contribution in [0.3, 0.4) is 0 Å². The zero-order valence-corrected chi connectivity index (χ0v) is 15.5. The van der Waals surface area contributed by atoms with Crippen LogP contribution in [0, 0.1) is 0 Å². The lowest BCUT2D eigenvalue weighted by Gasteiger charge is -2.45. The van der Waals surface area contributed by atoms with Crippen molar-refractivity contribution in [3.05, 3.63) is 29.1 Å². The molecule has 1 fully saturated rings. The molecule has 5 N–H and O–H groups in total. The van der Waals surface area contributed by atoms with Crippen LogP contribution in [-0.4, -0.2) is 30.5 Å². The number of nitrogens with two attached hydrogens (primary N) is 2. The second kappa shape index (κ2) is 6.28. The summed E-state index contributed by atoms with van der Waals surface area (Å²) in [5.74, 6) is 0.549. The highest BCUT2D eigenvalue weighted by Gasteiger charge is 2.42. The van der Waals surface area contributed by atoms with Gasteiger partial charge in [0, 0.05) is 17.4 Å². The van der Waals surface area contributed by atoms with Crippen LogP contribution < -0.4 is 21.7 Å². The molecule has 0 atom stereocenters. The van der Waals surface area contributed by atoms with Gasteiger partial charge in [-0.2, -0.15) is 4.99 Å². The van der Waals surface area contributed by atoms with Gasteiger partial charge in [-0.15, -0.1) is 11.3 Å². The molecule has 1 aliphatic heterocycles. The largest absolute Gasteiger partial charge is 0.369 e. The number of carbonyl (C=O) groups excluding carboxylic acids is 1. The van der Waals surface area contributed by atoms with Crippen LogP contribution in [0.25, 0.3) is 10.1 Å². The third-order valence-corrected chi connectivity index (χ3v) is 6.18. The lowest BCUT2D eigenvalue weighted by molar-refractivity contribution is 0.0967. The zero-order chi connectivity index (χ0) is 18.3. The number of carbonyl (C=O) groups is 1. The second-order valence-corrected chi connectivity index (χ2v) is 7.81. The first-order valence-electron chi connectivity index (χ1n) is 8.78. The van der Waals surface area contributed by atoms with Crippen molar-refractivity contribution >= 4 is 44.9 Å². The normalized spacial score (nSPS) is 19.3. The Kier molecular flexibility index (Phi) is 4.07. The first-order valence-corrected chi connectivity index (χ1v) is 9.59. The van der Waals surface area contributed by atoms with E-state index in [2.05, 4.69) is 10.3 Å². The molecule has 1 aromatic carbocycles. The number of guanidine groups is 2. The summed E-state index contributed by atoms with van der Waals surface area (Å²) >= 11 is 1.47. The summed E-state index contributed by atoms with van der Waals surface area (Å²) in [4.78, 5) is 23.5. The predicted octanol–water partition coefficient (Wildman–Crippen LogP) is 2.37. The molecule has 4 rings (SSSR count). The number of benzene rings is 1. The molecular weight excluding hydrogens is 348 g/mol. The summed E-state index contributed by atoms with van der Waals surface area (Å²) in [5.41, 5.74) is 12.7. The molecule has 2 heterocycles. The van der Waals surface area contributed by atoms with Crippen molar-refractivity contribution in [2.24, 2.45) is 21.5 Å². The van der Waals surface area contributed by atoms with Crippen molar-refractivity contribution in [1.29, 1.82) is 0 Å². The van der Waals surface area contributed by atoms with Crippen LogP contribution >= 0.6 is 11.3 Å². The Bertz CT molecular complexity index is 925. The number of anilines is 1. The van der Waals surface area contributed by atoms with Crippen molar-refractivity contribution in [3.8, 4) is 0 Å². The summed E-state index contributed by atoms with van der Waals surface area (Å²) in [6.07, 6.45) is 5.16. The average Bonchev–Trinajstić information content (AvgIpc) is 3.04. The average molecular weight is 370 g/mol. The molecule has 2 aromatic rings. The van der Waals surface area contributed by atoms with Crippen LogP contribution in [0.15, 0.2) is 34.3 Å². The fourth-order valence-electron chi connectivity index (χ4n) is 3.90. The molecule has 136 valence electrons. The van der Waals surface area contributed by atoms with Gasteiger partial charge in [0.1, 0.15) is 5.66 Å². The molecule has 1 saturated carbocycles. The van der Waals surface area contributed by atoms with Gasteiger partial charge in [-0.3, -0.25) is 9.69 Å². The lowest BCUT2D eigenvalue weighted by atomic mass is 9.87. The predicted molar refractivity (Wildman–Crippen MR) is 107 cm³/mol. The maximum Gasteiger partial charge on any atom is 0.261 e. The quantitative estimate of drug-likeness (QED) is 0.754. The van der Waals surface area contributed by atoms with Gasteiger partial charge >= 0.3 is 0 Å². The number of nitrogens with one attached hydrogen (secondary N) is 1. The van der Waals surface area contributed by atoms with Gasteiger partial charge in [0.25, 0.3) is 5.91 Å². The molecule has 0 unspecified atom stereocenters. The summed E-state index contributed by atoms with van der Waals surface area (Å²) in [5, 5.41) is 3.68. The minimum absolute atomic E-state index is 0.0760. The van der Waals surface area contributed by atoms with Gasteiger partial charge in [0.05, 0.1) is 4.88 Å². The summed E-state index contributed by atoms with van der Waals surface area (Å²) in [6, 6.07) is 7.99. The maximum atomic E-state index is 11.9. The number of aliphatic imine (C=N–C) groups is 2. The molecule has 1 amide bonds. The number of hydrogen-bond donors (Lipinski definition) is 3. The number of fused-ring (bicyclic) bond motifs is 1. The SMILES string of the molecule is CNC(=O)c1cc2cc(N3C(N)=NC(N)=NC34CCCCC4)ccc2s1. The van der Waals surface area contributed by atoms with E-state index in [4.69, 9.17) is 16.5 Å². The fourth-order valence-corrected chi connectivity index (χ4v) is 4.89. The van der Waals surface area contributed by atoms with Crippen LogP contribution in [-0.2, 0) is 0 Å². The summed E-state index contributed by atoms with van der Waals surface area (Å²) in [7, 11) is 1.64. The Morgan fingerprint density at radius 3 is 2.73 bits per heavy atom. The first-order chi connectivity index (χ1) is 12.5. The molecule has 26 heavy (non-hydrogen) atoms. The fraction of sp³-hybridized carbons (Fsp3) is 0.389. The first kappa shape index (κ1) is 16.8. The highest BCUT2D eigenvalue weighted by Crippen LogP contribution is 2.40. The van der Waals surface area contributed by atoms with Gasteiger partial charge in [0.15, 0.2) is 0 Å². The van der Waals surface area contributed by atoms with E-state index in [9.17, 15) is 4.79 Å². The van der Waals surface area contributed by atoms with E-state index in [1.165, 1.54) is 17.8 Å². The summed E-state index contributed by atoms with van der Waals surface area (Å²) < 4.78 is 1.06. The van der Waals surface area contributed by atoms with Gasteiger partial charge in [-0.1, -0.05) is 6.42 Å². The molecule has 2 aliphatic rings. The Balaban J connectivity index is 1.79. The number of nitrogens with zero attached hydrogens (tertiary/aromatic N) is 3. The van der Waals surface area contributed by atoms with Crippen LogP contribution in [0.4, 0.5) is 5.69 Å². The number of thiophene rings is 1. The topological polar surface area (TPSA) is 109 Å². The highest BCUT2D eigenvalue weighted by atomic mass is 32.1. The second-order valence-electron chi connectivity index (χ2n) is 6.73. The minimum atomic E-state index is -0.457. The van der Waals surface area contributed by atoms with Gasteiger partial charge in [-0.05, 0) is 55.3 Å². The van der Waals surface area contributed by atoms with E-state index in [-0.39, 0.29) is 11.9 Å². The molecule has 0 bridgehead atoms. The Morgan fingerprint density at radius 2 is 2.00 bits per heavy atom. The van der Waals surface area contributed by atoms with E-state index in [0.29, 0.717) is 10.8 Å². The van der Waals surface area contributed by atoms with E-state index in [1.54, 1.807) is 7.05 Å². The van der Waals surface area contributed by atoms with Crippen molar-refractivity contribution in [2.75, 3.05) is 11.9 Å². The summed E-state index contributed by atoms with van der Waals surface area (Å²) in [6.45, 7) is 0. The van der Waals surface area contributed by atoms with Gasteiger partial charge in [-0.25, -0.2) is 4.99 Å². The van der Waals surface area contributed by atoms with Crippen LogP contribution in [0.1, 0.15) is 41.8 Å². The Morgan fingerprint density at radius 1 is 1.23 bits per heavy atom. The van der Waals surface area contributed by atoms with E-state index >= 15 is 0 Å². The molecule has 8 heteroatoms. The highest BCUT2D eigenvalue weighted by molar-refractivity contribution is 7.20. The standard InChI is InChI=1S/C18H22N6OS/c1-21-15(25)14-10-11-9-12(5-6-13(11)26-14)24-17(20)22-16(19)23-18(24)7-3-2-4-8-18/h5-6,9-10H,2-4,7-8H2,1H3,(H,21,25)(H4,19,20,22,23).